The highest BCUT2D eigenvalue weighted by atomic mass is 16.4. The smallest absolute Gasteiger partial charge is 0.326 e. The molecule has 18 heavy (non-hydrogen) atoms. The first kappa shape index (κ1) is 13.7. The summed E-state index contributed by atoms with van der Waals surface area (Å²) in [5.41, 5.74) is 0.750. The van der Waals surface area contributed by atoms with Gasteiger partial charge in [0.05, 0.1) is 0 Å². The Morgan fingerprint density at radius 2 is 1.72 bits per heavy atom. The van der Waals surface area contributed by atoms with Crippen molar-refractivity contribution in [3.63, 3.8) is 0 Å². The SMILES string of the molecule is O=C(O)CC(=O)N[C@@H](Cc1ccccc1)C(=O)O. The van der Waals surface area contributed by atoms with E-state index in [1.54, 1.807) is 30.3 Å². The summed E-state index contributed by atoms with van der Waals surface area (Å²) in [6.45, 7) is 0. The van der Waals surface area contributed by atoms with Gasteiger partial charge in [-0.05, 0) is 5.56 Å². The van der Waals surface area contributed by atoms with Crippen molar-refractivity contribution in [1.82, 2.24) is 5.32 Å². The predicted molar refractivity (Wildman–Crippen MR) is 62.0 cm³/mol. The van der Waals surface area contributed by atoms with E-state index in [0.717, 1.165) is 5.56 Å². The Morgan fingerprint density at radius 1 is 1.11 bits per heavy atom. The van der Waals surface area contributed by atoms with Gasteiger partial charge in [-0.3, -0.25) is 9.59 Å². The second kappa shape index (κ2) is 6.39. The minimum Gasteiger partial charge on any atom is -0.481 e. The molecule has 3 N–H and O–H groups in total. The summed E-state index contributed by atoms with van der Waals surface area (Å²) in [6, 6.07) is 7.65. The maximum Gasteiger partial charge on any atom is 0.326 e. The molecule has 0 bridgehead atoms. The number of amides is 1. The van der Waals surface area contributed by atoms with Crippen LogP contribution < -0.4 is 5.32 Å². The van der Waals surface area contributed by atoms with Crippen molar-refractivity contribution < 1.29 is 24.6 Å². The molecule has 0 fully saturated rings. The topological polar surface area (TPSA) is 104 Å². The summed E-state index contributed by atoms with van der Waals surface area (Å²) < 4.78 is 0. The first-order valence-electron chi connectivity index (χ1n) is 5.27. The molecular weight excluding hydrogens is 238 g/mol. The van der Waals surface area contributed by atoms with Gasteiger partial charge in [0.25, 0.3) is 0 Å². The summed E-state index contributed by atoms with van der Waals surface area (Å²) in [4.78, 5) is 32.5. The highest BCUT2D eigenvalue weighted by molar-refractivity contribution is 5.95. The van der Waals surface area contributed by atoms with Crippen molar-refractivity contribution in [3.8, 4) is 0 Å². The van der Waals surface area contributed by atoms with Crippen molar-refractivity contribution in [1.29, 1.82) is 0 Å². The van der Waals surface area contributed by atoms with Crippen LogP contribution in [-0.2, 0) is 20.8 Å². The second-order valence-electron chi connectivity index (χ2n) is 3.72. The predicted octanol–water partition coefficient (Wildman–Crippen LogP) is 0.273. The first-order valence-corrected chi connectivity index (χ1v) is 5.27. The molecule has 0 unspecified atom stereocenters. The fraction of sp³-hybridized carbons (Fsp3) is 0.250. The Morgan fingerprint density at radius 3 is 2.22 bits per heavy atom. The molecule has 6 heteroatoms. The third-order valence-electron chi connectivity index (χ3n) is 2.23. The lowest BCUT2D eigenvalue weighted by molar-refractivity contribution is -0.145. The molecule has 0 aromatic heterocycles. The number of hydrogen-bond acceptors (Lipinski definition) is 3. The fourth-order valence-electron chi connectivity index (χ4n) is 1.43. The summed E-state index contributed by atoms with van der Waals surface area (Å²) in [7, 11) is 0. The molecule has 0 aliphatic carbocycles. The van der Waals surface area contributed by atoms with Gasteiger partial charge < -0.3 is 15.5 Å². The number of carbonyl (C=O) groups excluding carboxylic acids is 1. The van der Waals surface area contributed by atoms with Gasteiger partial charge in [-0.15, -0.1) is 0 Å². The monoisotopic (exact) mass is 251 g/mol. The van der Waals surface area contributed by atoms with Crippen LogP contribution in [0.1, 0.15) is 12.0 Å². The molecule has 0 aliphatic rings. The maximum atomic E-state index is 11.2. The van der Waals surface area contributed by atoms with Crippen LogP contribution in [0.4, 0.5) is 0 Å². The fourth-order valence-corrected chi connectivity index (χ4v) is 1.43. The van der Waals surface area contributed by atoms with Gasteiger partial charge in [-0.1, -0.05) is 30.3 Å². The Bertz CT molecular complexity index is 443. The number of carboxylic acid groups (broad SMARTS) is 2. The molecule has 0 radical (unpaired) electrons. The number of carboxylic acids is 2. The van der Waals surface area contributed by atoms with Crippen LogP contribution in [0.3, 0.4) is 0 Å². The van der Waals surface area contributed by atoms with Gasteiger partial charge in [0.2, 0.25) is 5.91 Å². The van der Waals surface area contributed by atoms with E-state index < -0.39 is 30.3 Å². The van der Waals surface area contributed by atoms with E-state index >= 15 is 0 Å². The molecule has 1 amide bonds. The molecule has 1 rings (SSSR count). The molecule has 0 aliphatic heterocycles. The molecule has 1 aromatic carbocycles. The zero-order valence-electron chi connectivity index (χ0n) is 9.50. The summed E-state index contributed by atoms with van der Waals surface area (Å²) in [5, 5.41) is 19.5. The van der Waals surface area contributed by atoms with E-state index in [1.807, 2.05) is 0 Å². The van der Waals surface area contributed by atoms with Crippen LogP contribution in [0, 0.1) is 0 Å². The molecule has 6 nitrogen and oxygen atoms in total. The third-order valence-corrected chi connectivity index (χ3v) is 2.23. The first-order chi connectivity index (χ1) is 8.49. The average molecular weight is 251 g/mol. The molecule has 1 aromatic rings. The number of carbonyl (C=O) groups is 3. The average Bonchev–Trinajstić information content (AvgIpc) is 2.28. The summed E-state index contributed by atoms with van der Waals surface area (Å²) >= 11 is 0. The van der Waals surface area contributed by atoms with Crippen LogP contribution in [0.5, 0.6) is 0 Å². The molecular formula is C12H13NO5. The van der Waals surface area contributed by atoms with E-state index in [4.69, 9.17) is 10.2 Å². The van der Waals surface area contributed by atoms with Gasteiger partial charge in [-0.2, -0.15) is 0 Å². The number of hydrogen-bond donors (Lipinski definition) is 3. The van der Waals surface area contributed by atoms with Gasteiger partial charge in [0.1, 0.15) is 12.5 Å². The van der Waals surface area contributed by atoms with Gasteiger partial charge in [0.15, 0.2) is 0 Å². The number of benzene rings is 1. The summed E-state index contributed by atoms with van der Waals surface area (Å²) in [5.74, 6) is -3.31. The minimum atomic E-state index is -1.30. The van der Waals surface area contributed by atoms with Gasteiger partial charge in [-0.25, -0.2) is 4.79 Å². The second-order valence-corrected chi connectivity index (χ2v) is 3.72. The van der Waals surface area contributed by atoms with Crippen LogP contribution in [0.2, 0.25) is 0 Å². The minimum absolute atomic E-state index is 0.113. The Balaban J connectivity index is 2.64. The van der Waals surface area contributed by atoms with E-state index in [9.17, 15) is 14.4 Å². The molecule has 0 saturated heterocycles. The summed E-state index contributed by atoms with van der Waals surface area (Å²) in [6.07, 6.45) is -0.625. The van der Waals surface area contributed by atoms with Crippen molar-refractivity contribution in [3.05, 3.63) is 35.9 Å². The molecule has 0 heterocycles. The molecule has 1 atom stereocenters. The van der Waals surface area contributed by atoms with Crippen molar-refractivity contribution in [2.24, 2.45) is 0 Å². The van der Waals surface area contributed by atoms with E-state index in [2.05, 4.69) is 5.32 Å². The maximum absolute atomic E-state index is 11.2. The molecule has 0 spiro atoms. The van der Waals surface area contributed by atoms with E-state index in [-0.39, 0.29) is 6.42 Å². The van der Waals surface area contributed by atoms with Crippen LogP contribution >= 0.6 is 0 Å². The lowest BCUT2D eigenvalue weighted by atomic mass is 10.1. The highest BCUT2D eigenvalue weighted by Gasteiger charge is 2.21. The van der Waals surface area contributed by atoms with E-state index in [0.29, 0.717) is 0 Å². The lowest BCUT2D eigenvalue weighted by Crippen LogP contribution is -2.42. The van der Waals surface area contributed by atoms with E-state index in [1.165, 1.54) is 0 Å². The Labute approximate surface area is 103 Å². The zero-order chi connectivity index (χ0) is 13.5. The molecule has 96 valence electrons. The van der Waals surface area contributed by atoms with Gasteiger partial charge in [0, 0.05) is 6.42 Å². The van der Waals surface area contributed by atoms with Gasteiger partial charge >= 0.3 is 11.9 Å². The number of aliphatic carboxylic acids is 2. The lowest BCUT2D eigenvalue weighted by Gasteiger charge is -2.13. The van der Waals surface area contributed by atoms with Crippen LogP contribution in [0.25, 0.3) is 0 Å². The Kier molecular flexibility index (Phi) is 4.86. The largest absolute Gasteiger partial charge is 0.481 e. The quantitative estimate of drug-likeness (QED) is 0.630. The van der Waals surface area contributed by atoms with Crippen LogP contribution in [-0.4, -0.2) is 34.1 Å². The third kappa shape index (κ3) is 4.65. The number of nitrogens with one attached hydrogen (secondary N) is 1. The Hall–Kier alpha value is -2.37. The van der Waals surface area contributed by atoms with Crippen molar-refractivity contribution in [2.45, 2.75) is 18.9 Å². The highest BCUT2D eigenvalue weighted by Crippen LogP contribution is 2.03. The normalized spacial score (nSPS) is 11.6. The van der Waals surface area contributed by atoms with Crippen LogP contribution in [0.15, 0.2) is 30.3 Å². The van der Waals surface area contributed by atoms with Crippen molar-refractivity contribution in [2.75, 3.05) is 0 Å². The standard InChI is InChI=1S/C12H13NO5/c14-10(7-11(15)16)13-9(12(17)18)6-8-4-2-1-3-5-8/h1-5,9H,6-7H2,(H,13,14)(H,15,16)(H,17,18)/t9-/m0/s1. The zero-order valence-corrected chi connectivity index (χ0v) is 9.50. The number of rotatable bonds is 6. The van der Waals surface area contributed by atoms with Crippen molar-refractivity contribution >= 4 is 17.8 Å². The molecule has 0 saturated carbocycles.